The molecule has 0 spiro atoms. The highest BCUT2D eigenvalue weighted by Crippen LogP contribution is 2.32. The molecule has 6 nitrogen and oxygen atoms in total. The topological polar surface area (TPSA) is 72.1 Å². The fourth-order valence-electron chi connectivity index (χ4n) is 2.53. The highest BCUT2D eigenvalue weighted by atomic mass is 19.1. The minimum absolute atomic E-state index is 0.0801. The van der Waals surface area contributed by atoms with E-state index in [0.717, 1.165) is 37.7 Å². The van der Waals surface area contributed by atoms with Gasteiger partial charge < -0.3 is 20.5 Å². The third-order valence-electron chi connectivity index (χ3n) is 3.91. The molecule has 3 rings (SSSR count). The predicted molar refractivity (Wildman–Crippen MR) is 88.1 cm³/mol. The monoisotopic (exact) mass is 320 g/mol. The Morgan fingerprint density at radius 2 is 2.30 bits per heavy atom. The van der Waals surface area contributed by atoms with Crippen LogP contribution in [0.3, 0.4) is 0 Å². The van der Waals surface area contributed by atoms with Crippen LogP contribution >= 0.6 is 0 Å². The zero-order valence-corrected chi connectivity index (χ0v) is 12.9. The summed E-state index contributed by atoms with van der Waals surface area (Å²) in [5.41, 5.74) is 7.59. The number of ether oxygens (including phenoxy) is 2. The first kappa shape index (κ1) is 15.9. The van der Waals surface area contributed by atoms with Crippen molar-refractivity contribution in [2.24, 2.45) is 10.7 Å². The van der Waals surface area contributed by atoms with Gasteiger partial charge in [0.2, 0.25) is 0 Å². The quantitative estimate of drug-likeness (QED) is 0.863. The minimum Gasteiger partial charge on any atom is -0.489 e. The number of hydrogen-bond donors (Lipinski definition) is 2. The number of nitrogens with two attached hydrogens (primary N) is 1. The molecule has 124 valence electrons. The molecule has 0 aliphatic carbocycles. The number of nitrogens with one attached hydrogen (secondary N) is 1. The maximum absolute atomic E-state index is 12.5. The molecule has 0 aromatic heterocycles. The van der Waals surface area contributed by atoms with E-state index in [2.05, 4.69) is 15.2 Å². The van der Waals surface area contributed by atoms with Gasteiger partial charge >= 0.3 is 0 Å². The van der Waals surface area contributed by atoms with Crippen molar-refractivity contribution in [3.05, 3.63) is 30.1 Å². The van der Waals surface area contributed by atoms with Gasteiger partial charge in [0.15, 0.2) is 0 Å². The second-order valence-electron chi connectivity index (χ2n) is 5.45. The molecule has 1 aromatic carbocycles. The lowest BCUT2D eigenvalue weighted by Gasteiger charge is -2.35. The van der Waals surface area contributed by atoms with Crippen molar-refractivity contribution in [2.45, 2.75) is 6.17 Å². The number of morpholine rings is 1. The number of rotatable bonds is 5. The molecule has 0 saturated carbocycles. The number of fused-ring (bicyclic) bond motifs is 1. The van der Waals surface area contributed by atoms with Crippen molar-refractivity contribution in [3.8, 4) is 5.75 Å². The summed E-state index contributed by atoms with van der Waals surface area (Å²) >= 11 is 0. The first-order valence-electron chi connectivity index (χ1n) is 7.67. The van der Waals surface area contributed by atoms with Crippen LogP contribution in [0.1, 0.15) is 0 Å². The first-order chi connectivity index (χ1) is 11.3. The van der Waals surface area contributed by atoms with Gasteiger partial charge in [-0.25, -0.2) is 4.39 Å². The van der Waals surface area contributed by atoms with E-state index >= 15 is 0 Å². The van der Waals surface area contributed by atoms with Crippen molar-refractivity contribution < 1.29 is 13.9 Å². The van der Waals surface area contributed by atoms with Gasteiger partial charge in [0.05, 0.1) is 30.9 Å². The summed E-state index contributed by atoms with van der Waals surface area (Å²) in [6.07, 6.45) is 2.46. The average molecular weight is 320 g/mol. The van der Waals surface area contributed by atoms with E-state index in [-0.39, 0.29) is 19.3 Å². The maximum Gasteiger partial charge on any atom is 0.122 e. The third-order valence-corrected chi connectivity index (χ3v) is 3.91. The molecule has 1 atom stereocenters. The van der Waals surface area contributed by atoms with Crippen LogP contribution in [0, 0.1) is 0 Å². The summed E-state index contributed by atoms with van der Waals surface area (Å²) in [6.45, 7) is 3.55. The van der Waals surface area contributed by atoms with Crippen molar-refractivity contribution in [1.82, 2.24) is 4.90 Å². The molecule has 0 radical (unpaired) electrons. The zero-order chi connectivity index (χ0) is 16.1. The Morgan fingerprint density at radius 3 is 3.04 bits per heavy atom. The molecule has 7 heteroatoms. The number of hydrogen-bond acceptors (Lipinski definition) is 6. The van der Waals surface area contributed by atoms with Crippen LogP contribution in [-0.4, -0.2) is 56.7 Å². The molecule has 2 heterocycles. The van der Waals surface area contributed by atoms with Crippen LogP contribution in [-0.2, 0) is 4.74 Å². The van der Waals surface area contributed by atoms with E-state index in [4.69, 9.17) is 15.2 Å². The first-order valence-corrected chi connectivity index (χ1v) is 7.67. The van der Waals surface area contributed by atoms with Crippen LogP contribution in [0.15, 0.2) is 35.1 Å². The van der Waals surface area contributed by atoms with Crippen molar-refractivity contribution in [3.63, 3.8) is 0 Å². The van der Waals surface area contributed by atoms with E-state index in [0.29, 0.717) is 17.7 Å². The second-order valence-corrected chi connectivity index (χ2v) is 5.45. The molecule has 2 aliphatic rings. The van der Waals surface area contributed by atoms with Crippen LogP contribution in [0.4, 0.5) is 15.8 Å². The molecule has 0 bridgehead atoms. The third kappa shape index (κ3) is 3.87. The summed E-state index contributed by atoms with van der Waals surface area (Å²) in [7, 11) is 0. The molecular formula is C16H21FN4O2. The van der Waals surface area contributed by atoms with Gasteiger partial charge in [0.25, 0.3) is 0 Å². The molecule has 1 unspecified atom stereocenters. The van der Waals surface area contributed by atoms with Gasteiger partial charge in [-0.3, -0.25) is 9.89 Å². The van der Waals surface area contributed by atoms with Gasteiger partial charge in [-0.05, 0) is 12.1 Å². The Balaban J connectivity index is 1.64. The van der Waals surface area contributed by atoms with E-state index < -0.39 is 0 Å². The molecule has 1 saturated heterocycles. The average Bonchev–Trinajstić information content (AvgIpc) is 2.63. The summed E-state index contributed by atoms with van der Waals surface area (Å²) in [5.74, 6) is 0.639. The standard InChI is InChI=1S/C16H21FN4O2/c17-8-12(9-18)11-23-13-1-2-14-15(7-13)19-10-16(20-14)21-3-5-22-6-4-21/h1-2,7-8,10,16,20H,3-6,9,11,18H2/b12-8+. The Morgan fingerprint density at radius 1 is 1.48 bits per heavy atom. The lowest BCUT2D eigenvalue weighted by molar-refractivity contribution is 0.0336. The lowest BCUT2D eigenvalue weighted by atomic mass is 10.2. The Kier molecular flexibility index (Phi) is 5.22. The molecular weight excluding hydrogens is 299 g/mol. The highest BCUT2D eigenvalue weighted by Gasteiger charge is 2.22. The number of benzene rings is 1. The fourth-order valence-corrected chi connectivity index (χ4v) is 2.53. The summed E-state index contributed by atoms with van der Waals surface area (Å²) in [6, 6.07) is 5.60. The zero-order valence-electron chi connectivity index (χ0n) is 12.9. The van der Waals surface area contributed by atoms with Gasteiger partial charge in [-0.1, -0.05) is 0 Å². The van der Waals surface area contributed by atoms with Crippen molar-refractivity contribution in [2.75, 3.05) is 44.8 Å². The van der Waals surface area contributed by atoms with Crippen LogP contribution in [0.25, 0.3) is 0 Å². The fraction of sp³-hybridized carbons (Fsp3) is 0.438. The van der Waals surface area contributed by atoms with Crippen LogP contribution in [0.2, 0.25) is 0 Å². The number of nitrogens with zero attached hydrogens (tertiary/aromatic N) is 2. The lowest BCUT2D eigenvalue weighted by Crippen LogP contribution is -2.48. The molecule has 0 amide bonds. The summed E-state index contributed by atoms with van der Waals surface area (Å²) < 4.78 is 23.4. The van der Waals surface area contributed by atoms with E-state index in [1.54, 1.807) is 0 Å². The Bertz CT molecular complexity index is 600. The van der Waals surface area contributed by atoms with E-state index in [1.807, 2.05) is 24.4 Å². The molecule has 1 aromatic rings. The molecule has 2 aliphatic heterocycles. The molecule has 23 heavy (non-hydrogen) atoms. The number of halogens is 1. The number of aliphatic imine (C=N–C) groups is 1. The second kappa shape index (κ2) is 7.54. The summed E-state index contributed by atoms with van der Waals surface area (Å²) in [4.78, 5) is 6.81. The maximum atomic E-state index is 12.5. The Labute approximate surface area is 134 Å². The summed E-state index contributed by atoms with van der Waals surface area (Å²) in [5, 5.41) is 3.46. The van der Waals surface area contributed by atoms with Gasteiger partial charge in [-0.2, -0.15) is 0 Å². The molecule has 3 N–H and O–H groups in total. The largest absolute Gasteiger partial charge is 0.489 e. The van der Waals surface area contributed by atoms with Gasteiger partial charge in [0, 0.05) is 37.5 Å². The van der Waals surface area contributed by atoms with Gasteiger partial charge in [0.1, 0.15) is 18.5 Å². The SMILES string of the molecule is NC/C(=C\F)COc1ccc2c(c1)N=CC(N1CCOCC1)N2. The highest BCUT2D eigenvalue weighted by molar-refractivity contribution is 5.83. The van der Waals surface area contributed by atoms with E-state index in [1.165, 1.54) is 0 Å². The van der Waals surface area contributed by atoms with Crippen LogP contribution in [0.5, 0.6) is 5.75 Å². The van der Waals surface area contributed by atoms with Crippen LogP contribution < -0.4 is 15.8 Å². The number of anilines is 1. The smallest absolute Gasteiger partial charge is 0.122 e. The van der Waals surface area contributed by atoms with E-state index in [9.17, 15) is 4.39 Å². The minimum atomic E-state index is 0.0801. The molecule has 1 fully saturated rings. The van der Waals surface area contributed by atoms with Gasteiger partial charge in [-0.15, -0.1) is 0 Å². The predicted octanol–water partition coefficient (Wildman–Crippen LogP) is 1.66. The van der Waals surface area contributed by atoms with Crippen molar-refractivity contribution >= 4 is 17.6 Å². The normalized spacial score (nSPS) is 21.7. The van der Waals surface area contributed by atoms with Crippen molar-refractivity contribution in [1.29, 1.82) is 0 Å². The Hall–Kier alpha value is -1.96.